The molecule has 8 nitrogen and oxygen atoms in total. The number of hydrogen-bond donors (Lipinski definition) is 2. The SMILES string of the molecule is CC(C)(CO)NC(=O)c1cnc2c(c1)N(S(=O)(=O)c1ccc(F)cc1F)CCO2. The van der Waals surface area contributed by atoms with E-state index in [0.717, 1.165) is 16.4 Å². The second kappa shape index (κ2) is 7.56. The number of pyridine rings is 1. The van der Waals surface area contributed by atoms with Gasteiger partial charge in [0.2, 0.25) is 5.88 Å². The first kappa shape index (κ1) is 20.9. The molecule has 1 aromatic carbocycles. The number of carbonyl (C=O) groups is 1. The number of nitrogens with zero attached hydrogens (tertiary/aromatic N) is 2. The van der Waals surface area contributed by atoms with Crippen LogP contribution in [0.4, 0.5) is 14.5 Å². The van der Waals surface area contributed by atoms with Crippen LogP contribution >= 0.6 is 0 Å². The number of ether oxygens (including phenoxy) is 1. The summed E-state index contributed by atoms with van der Waals surface area (Å²) in [6.45, 7) is 2.71. The number of halogens is 2. The Morgan fingerprint density at radius 2 is 2.07 bits per heavy atom. The highest BCUT2D eigenvalue weighted by Gasteiger charge is 2.34. The Labute approximate surface area is 166 Å². The van der Waals surface area contributed by atoms with Gasteiger partial charge >= 0.3 is 0 Å². The molecule has 1 amide bonds. The lowest BCUT2D eigenvalue weighted by Crippen LogP contribution is -2.46. The van der Waals surface area contributed by atoms with Crippen molar-refractivity contribution in [3.05, 3.63) is 47.7 Å². The Morgan fingerprint density at radius 1 is 1.34 bits per heavy atom. The van der Waals surface area contributed by atoms with Crippen LogP contribution in [0.25, 0.3) is 0 Å². The Balaban J connectivity index is 2.02. The number of aliphatic hydroxyl groups excluding tert-OH is 1. The second-order valence-corrected chi connectivity index (χ2v) is 8.88. The molecule has 11 heteroatoms. The summed E-state index contributed by atoms with van der Waals surface area (Å²) in [6.07, 6.45) is 1.20. The minimum atomic E-state index is -4.41. The van der Waals surface area contributed by atoms with E-state index in [2.05, 4.69) is 10.3 Å². The molecular weight excluding hydrogens is 408 g/mol. The molecule has 2 aromatic rings. The summed E-state index contributed by atoms with van der Waals surface area (Å²) in [5.74, 6) is -2.77. The number of rotatable bonds is 5. The van der Waals surface area contributed by atoms with Gasteiger partial charge in [0.25, 0.3) is 15.9 Å². The monoisotopic (exact) mass is 427 g/mol. The number of fused-ring (bicyclic) bond motifs is 1. The molecule has 2 N–H and O–H groups in total. The van der Waals surface area contributed by atoms with Crippen molar-refractivity contribution in [2.24, 2.45) is 0 Å². The lowest BCUT2D eigenvalue weighted by molar-refractivity contribution is 0.0869. The van der Waals surface area contributed by atoms with Crippen LogP contribution in [0.5, 0.6) is 5.88 Å². The lowest BCUT2D eigenvalue weighted by atomic mass is 10.1. The van der Waals surface area contributed by atoms with Crippen LogP contribution in [0.1, 0.15) is 24.2 Å². The molecule has 0 atom stereocenters. The van der Waals surface area contributed by atoms with E-state index in [9.17, 15) is 27.1 Å². The maximum Gasteiger partial charge on any atom is 0.267 e. The maximum absolute atomic E-state index is 14.1. The van der Waals surface area contributed by atoms with Gasteiger partial charge in [-0.3, -0.25) is 9.10 Å². The van der Waals surface area contributed by atoms with Crippen molar-refractivity contribution < 1.29 is 31.8 Å². The third-order valence-corrected chi connectivity index (χ3v) is 6.05. The fourth-order valence-electron chi connectivity index (χ4n) is 2.67. The van der Waals surface area contributed by atoms with Gasteiger partial charge in [0.1, 0.15) is 28.8 Å². The van der Waals surface area contributed by atoms with Gasteiger partial charge in [-0.1, -0.05) is 0 Å². The minimum Gasteiger partial charge on any atom is -0.474 e. The fourth-order valence-corrected chi connectivity index (χ4v) is 4.16. The molecule has 1 aromatic heterocycles. The number of aromatic nitrogens is 1. The highest BCUT2D eigenvalue weighted by molar-refractivity contribution is 7.92. The predicted octanol–water partition coefficient (Wildman–Crippen LogP) is 1.45. The minimum absolute atomic E-state index is 0.0237. The summed E-state index contributed by atoms with van der Waals surface area (Å²) >= 11 is 0. The van der Waals surface area contributed by atoms with Crippen molar-refractivity contribution in [3.8, 4) is 5.88 Å². The molecule has 1 aliphatic heterocycles. The van der Waals surface area contributed by atoms with Gasteiger partial charge in [0, 0.05) is 12.3 Å². The van der Waals surface area contributed by atoms with E-state index in [1.807, 2.05) is 0 Å². The molecule has 0 bridgehead atoms. The molecule has 2 heterocycles. The molecule has 3 rings (SSSR count). The summed E-state index contributed by atoms with van der Waals surface area (Å²) in [4.78, 5) is 15.7. The van der Waals surface area contributed by atoms with E-state index in [4.69, 9.17) is 4.74 Å². The van der Waals surface area contributed by atoms with E-state index in [1.165, 1.54) is 12.3 Å². The van der Waals surface area contributed by atoms with E-state index in [0.29, 0.717) is 6.07 Å². The van der Waals surface area contributed by atoms with Gasteiger partial charge in [-0.15, -0.1) is 0 Å². The first-order chi connectivity index (χ1) is 13.5. The van der Waals surface area contributed by atoms with E-state index < -0.39 is 38.0 Å². The number of hydrogen-bond acceptors (Lipinski definition) is 6. The molecule has 0 fully saturated rings. The van der Waals surface area contributed by atoms with Gasteiger partial charge in [0.05, 0.1) is 24.3 Å². The van der Waals surface area contributed by atoms with Gasteiger partial charge in [0.15, 0.2) is 0 Å². The summed E-state index contributed by atoms with van der Waals surface area (Å²) < 4.78 is 59.5. The molecule has 0 radical (unpaired) electrons. The van der Waals surface area contributed by atoms with Crippen molar-refractivity contribution in [1.82, 2.24) is 10.3 Å². The lowest BCUT2D eigenvalue weighted by Gasteiger charge is -2.30. The van der Waals surface area contributed by atoms with Crippen molar-refractivity contribution in [2.45, 2.75) is 24.3 Å². The largest absolute Gasteiger partial charge is 0.474 e. The highest BCUT2D eigenvalue weighted by Crippen LogP contribution is 2.35. The second-order valence-electron chi connectivity index (χ2n) is 7.04. The Morgan fingerprint density at radius 3 is 2.72 bits per heavy atom. The standard InChI is InChI=1S/C18H19F2N3O5S/c1-18(2,10-24)22-16(25)11-7-14-17(21-9-11)28-6-5-23(14)29(26,27)15-4-3-12(19)8-13(15)20/h3-4,7-9,24H,5-6,10H2,1-2H3,(H,22,25). The maximum atomic E-state index is 14.1. The van der Waals surface area contributed by atoms with Crippen LogP contribution in [0.15, 0.2) is 35.4 Å². The fraction of sp³-hybridized carbons (Fsp3) is 0.333. The van der Waals surface area contributed by atoms with Crippen LogP contribution < -0.4 is 14.4 Å². The predicted molar refractivity (Wildman–Crippen MR) is 99.3 cm³/mol. The third-order valence-electron chi connectivity index (χ3n) is 4.21. The number of benzene rings is 1. The molecule has 0 unspecified atom stereocenters. The first-order valence-electron chi connectivity index (χ1n) is 8.59. The Kier molecular flexibility index (Phi) is 5.46. The molecular formula is C18H19F2N3O5S. The van der Waals surface area contributed by atoms with E-state index in [1.54, 1.807) is 13.8 Å². The summed E-state index contributed by atoms with van der Waals surface area (Å²) in [5, 5.41) is 11.9. The molecule has 0 saturated carbocycles. The molecule has 0 spiro atoms. The number of anilines is 1. The molecule has 0 saturated heterocycles. The van der Waals surface area contributed by atoms with Gasteiger partial charge in [-0.2, -0.15) is 0 Å². The zero-order valence-corrected chi connectivity index (χ0v) is 16.5. The topological polar surface area (TPSA) is 109 Å². The van der Waals surface area contributed by atoms with E-state index >= 15 is 0 Å². The van der Waals surface area contributed by atoms with Crippen molar-refractivity contribution in [1.29, 1.82) is 0 Å². The van der Waals surface area contributed by atoms with Gasteiger partial charge in [-0.25, -0.2) is 22.2 Å². The number of aliphatic hydroxyl groups is 1. The van der Waals surface area contributed by atoms with Crippen molar-refractivity contribution in [2.75, 3.05) is 24.1 Å². The summed E-state index contributed by atoms with van der Waals surface area (Å²) in [6, 6.07) is 3.41. The number of amides is 1. The molecule has 1 aliphatic rings. The quantitative estimate of drug-likeness (QED) is 0.748. The van der Waals surface area contributed by atoms with Crippen LogP contribution in [-0.2, 0) is 10.0 Å². The number of carbonyl (C=O) groups excluding carboxylic acids is 1. The normalized spacial score (nSPS) is 14.2. The van der Waals surface area contributed by atoms with Crippen LogP contribution in [0.3, 0.4) is 0 Å². The zero-order valence-electron chi connectivity index (χ0n) is 15.6. The Hall–Kier alpha value is -2.79. The number of sulfonamides is 1. The van der Waals surface area contributed by atoms with Gasteiger partial charge < -0.3 is 15.2 Å². The highest BCUT2D eigenvalue weighted by atomic mass is 32.2. The zero-order chi connectivity index (χ0) is 21.4. The smallest absolute Gasteiger partial charge is 0.267 e. The van der Waals surface area contributed by atoms with E-state index in [-0.39, 0.29) is 36.9 Å². The summed E-state index contributed by atoms with van der Waals surface area (Å²) in [7, 11) is -4.41. The van der Waals surface area contributed by atoms with Crippen LogP contribution in [0.2, 0.25) is 0 Å². The third kappa shape index (κ3) is 4.15. The summed E-state index contributed by atoms with van der Waals surface area (Å²) in [5.41, 5.74) is -0.933. The van der Waals surface area contributed by atoms with Crippen molar-refractivity contribution >= 4 is 21.6 Å². The van der Waals surface area contributed by atoms with Crippen LogP contribution in [0, 0.1) is 11.6 Å². The average Bonchev–Trinajstić information content (AvgIpc) is 2.66. The molecule has 29 heavy (non-hydrogen) atoms. The van der Waals surface area contributed by atoms with Gasteiger partial charge in [-0.05, 0) is 32.0 Å². The van der Waals surface area contributed by atoms with Crippen molar-refractivity contribution in [3.63, 3.8) is 0 Å². The van der Waals surface area contributed by atoms with Crippen LogP contribution in [-0.4, -0.2) is 49.7 Å². The molecule has 0 aliphatic carbocycles. The Bertz CT molecular complexity index is 1060. The first-order valence-corrected chi connectivity index (χ1v) is 10.0. The number of nitrogens with one attached hydrogen (secondary N) is 1. The molecule has 156 valence electrons. The average molecular weight is 427 g/mol.